The average Bonchev–Trinajstić information content (AvgIpc) is 2.80. The number of rotatable bonds is 2. The first-order valence-electron chi connectivity index (χ1n) is 11.0. The normalized spacial score (nSPS) is 18.3. The van der Waals surface area contributed by atoms with Crippen LogP contribution in [0.15, 0.2) is 47.3 Å². The molecule has 1 N–H and O–H groups in total. The molecule has 1 atom stereocenters. The van der Waals surface area contributed by atoms with Crippen LogP contribution in [-0.4, -0.2) is 45.5 Å². The molecule has 1 amide bonds. The summed E-state index contributed by atoms with van der Waals surface area (Å²) in [7, 11) is 0. The molecule has 7 nitrogen and oxygen atoms in total. The lowest BCUT2D eigenvalue weighted by molar-refractivity contribution is -0.136. The van der Waals surface area contributed by atoms with E-state index in [1.807, 2.05) is 49.1 Å². The highest BCUT2D eigenvalue weighted by molar-refractivity contribution is 6.00. The van der Waals surface area contributed by atoms with E-state index in [0.717, 1.165) is 5.56 Å². The molecule has 1 aromatic heterocycles. The molecule has 1 spiro atoms. The molecule has 32 heavy (non-hydrogen) atoms. The number of ketones is 1. The molecule has 0 radical (unpaired) electrons. The summed E-state index contributed by atoms with van der Waals surface area (Å²) in [6.45, 7) is 4.81. The first-order valence-corrected chi connectivity index (χ1v) is 11.0. The molecule has 3 heterocycles. The summed E-state index contributed by atoms with van der Waals surface area (Å²) in [6.07, 6.45) is 1.54. The third-order valence-electron chi connectivity index (χ3n) is 6.74. The van der Waals surface area contributed by atoms with Gasteiger partial charge in [0.25, 0.3) is 5.56 Å². The van der Waals surface area contributed by atoms with Gasteiger partial charge < -0.3 is 9.64 Å². The van der Waals surface area contributed by atoms with Crippen LogP contribution in [0.5, 0.6) is 5.75 Å². The number of hydrogen-bond donors (Lipinski definition) is 1. The summed E-state index contributed by atoms with van der Waals surface area (Å²) in [5, 5.41) is 7.92. The van der Waals surface area contributed by atoms with E-state index in [1.54, 1.807) is 12.1 Å². The van der Waals surface area contributed by atoms with Gasteiger partial charge in [-0.15, -0.1) is 0 Å². The van der Waals surface area contributed by atoms with Crippen molar-refractivity contribution in [1.82, 2.24) is 15.1 Å². The van der Waals surface area contributed by atoms with Gasteiger partial charge in [-0.25, -0.2) is 5.10 Å². The number of hydrogen-bond acceptors (Lipinski definition) is 5. The van der Waals surface area contributed by atoms with Crippen molar-refractivity contribution < 1.29 is 14.3 Å². The Morgan fingerprint density at radius 2 is 1.84 bits per heavy atom. The maximum absolute atomic E-state index is 13.3. The number of carbonyl (C=O) groups is 2. The van der Waals surface area contributed by atoms with Crippen LogP contribution in [0.25, 0.3) is 10.8 Å². The minimum Gasteiger partial charge on any atom is -0.486 e. The number of likely N-dealkylation sites (tertiary alicyclic amines) is 1. The molecule has 2 aliphatic heterocycles. The highest BCUT2D eigenvalue weighted by Crippen LogP contribution is 2.40. The number of benzene rings is 2. The van der Waals surface area contributed by atoms with Gasteiger partial charge >= 0.3 is 0 Å². The molecule has 3 aromatic rings. The van der Waals surface area contributed by atoms with E-state index in [9.17, 15) is 14.4 Å². The minimum atomic E-state index is -0.553. The zero-order chi connectivity index (χ0) is 22.5. The molecule has 0 saturated carbocycles. The molecule has 0 aliphatic carbocycles. The van der Waals surface area contributed by atoms with Crippen molar-refractivity contribution in [2.24, 2.45) is 0 Å². The van der Waals surface area contributed by atoms with Gasteiger partial charge in [-0.3, -0.25) is 14.4 Å². The number of amides is 1. The smallest absolute Gasteiger partial charge is 0.272 e. The fourth-order valence-electron chi connectivity index (χ4n) is 4.88. The van der Waals surface area contributed by atoms with E-state index < -0.39 is 11.5 Å². The molecular formula is C25H25N3O4. The summed E-state index contributed by atoms with van der Waals surface area (Å²) >= 11 is 0. The third-order valence-corrected chi connectivity index (χ3v) is 6.74. The second-order valence-electron chi connectivity index (χ2n) is 8.92. The highest BCUT2D eigenvalue weighted by Gasteiger charge is 2.44. The molecule has 164 valence electrons. The van der Waals surface area contributed by atoms with Gasteiger partial charge in [0.15, 0.2) is 5.78 Å². The number of carbonyl (C=O) groups excluding carboxylic acids is 2. The van der Waals surface area contributed by atoms with Crippen LogP contribution in [0.1, 0.15) is 53.7 Å². The number of piperidine rings is 1. The number of nitrogens with one attached hydrogen (secondary N) is 1. The maximum Gasteiger partial charge on any atom is 0.272 e. The second kappa shape index (κ2) is 7.58. The number of H-pyrrole nitrogens is 1. The molecule has 1 fully saturated rings. The molecule has 1 saturated heterocycles. The molecule has 0 bridgehead atoms. The second-order valence-corrected chi connectivity index (χ2v) is 8.92. The quantitative estimate of drug-likeness (QED) is 0.672. The molecule has 2 aromatic carbocycles. The summed E-state index contributed by atoms with van der Waals surface area (Å²) < 4.78 is 6.32. The van der Waals surface area contributed by atoms with Crippen LogP contribution in [-0.2, 0) is 4.79 Å². The standard InChI is InChI=1S/C25H25N3O4/c1-15-7-8-21-19(13-15)20(29)14-25(32-21)9-11-28(12-10-25)24(31)16(2)22-17-5-3-4-6-18(17)23(30)27-26-22/h3-8,13,16H,9-12,14H2,1-2H3,(H,27,30)/t16-/m1/s1. The Hall–Kier alpha value is -3.48. The molecule has 0 unspecified atom stereocenters. The van der Waals surface area contributed by atoms with E-state index in [-0.39, 0.29) is 17.2 Å². The van der Waals surface area contributed by atoms with Crippen LogP contribution in [0.2, 0.25) is 0 Å². The van der Waals surface area contributed by atoms with Gasteiger partial charge in [-0.2, -0.15) is 5.10 Å². The zero-order valence-corrected chi connectivity index (χ0v) is 18.2. The highest BCUT2D eigenvalue weighted by atomic mass is 16.5. The number of ether oxygens (including phenoxy) is 1. The van der Waals surface area contributed by atoms with E-state index in [0.29, 0.717) is 60.1 Å². The SMILES string of the molecule is Cc1ccc2c(c1)C(=O)CC1(CCN(C(=O)[C@H](C)c3n[nH]c(=O)c4ccccc34)CC1)O2. The fourth-order valence-corrected chi connectivity index (χ4v) is 4.88. The number of aromatic amines is 1. The van der Waals surface area contributed by atoms with Crippen molar-refractivity contribution in [1.29, 1.82) is 0 Å². The minimum absolute atomic E-state index is 0.0392. The summed E-state index contributed by atoms with van der Waals surface area (Å²) in [5.74, 6) is 0.210. The van der Waals surface area contributed by atoms with Gasteiger partial charge in [0.05, 0.1) is 29.0 Å². The third kappa shape index (κ3) is 3.38. The van der Waals surface area contributed by atoms with Gasteiger partial charge in [-0.1, -0.05) is 29.8 Å². The van der Waals surface area contributed by atoms with E-state index in [2.05, 4.69) is 10.2 Å². The Morgan fingerprint density at radius 3 is 2.59 bits per heavy atom. The number of aryl methyl sites for hydroxylation is 1. The lowest BCUT2D eigenvalue weighted by Crippen LogP contribution is -2.52. The Morgan fingerprint density at radius 1 is 1.12 bits per heavy atom. The number of aromatic nitrogens is 2. The number of fused-ring (bicyclic) bond motifs is 2. The first-order chi connectivity index (χ1) is 15.4. The van der Waals surface area contributed by atoms with Crippen molar-refractivity contribution in [3.05, 3.63) is 69.6 Å². The van der Waals surface area contributed by atoms with Crippen LogP contribution in [0.3, 0.4) is 0 Å². The zero-order valence-electron chi connectivity index (χ0n) is 18.2. The van der Waals surface area contributed by atoms with Crippen molar-refractivity contribution in [2.45, 2.75) is 44.6 Å². The molecule has 5 rings (SSSR count). The van der Waals surface area contributed by atoms with Crippen molar-refractivity contribution >= 4 is 22.5 Å². The van der Waals surface area contributed by atoms with Gasteiger partial charge in [-0.05, 0) is 32.0 Å². The Balaban J connectivity index is 1.33. The lowest BCUT2D eigenvalue weighted by Gasteiger charge is -2.44. The predicted octanol–water partition coefficient (Wildman–Crippen LogP) is 3.36. The number of nitrogens with zero attached hydrogens (tertiary/aromatic N) is 2. The van der Waals surface area contributed by atoms with Crippen LogP contribution < -0.4 is 10.3 Å². The molecule has 7 heteroatoms. The maximum atomic E-state index is 13.3. The van der Waals surface area contributed by atoms with Gasteiger partial charge in [0.2, 0.25) is 5.91 Å². The average molecular weight is 431 g/mol. The summed E-state index contributed by atoms with van der Waals surface area (Å²) in [5.41, 5.74) is 1.44. The molecular weight excluding hydrogens is 406 g/mol. The fraction of sp³-hybridized carbons (Fsp3) is 0.360. The van der Waals surface area contributed by atoms with Gasteiger partial charge in [0.1, 0.15) is 11.4 Å². The number of Topliss-reactive ketones (excluding diaryl/α,β-unsaturated/α-hetero) is 1. The van der Waals surface area contributed by atoms with Crippen molar-refractivity contribution in [3.63, 3.8) is 0 Å². The monoisotopic (exact) mass is 431 g/mol. The van der Waals surface area contributed by atoms with Crippen molar-refractivity contribution in [3.8, 4) is 5.75 Å². The van der Waals surface area contributed by atoms with E-state index in [1.165, 1.54) is 0 Å². The first kappa shape index (κ1) is 20.4. The van der Waals surface area contributed by atoms with E-state index in [4.69, 9.17) is 4.74 Å². The summed E-state index contributed by atoms with van der Waals surface area (Å²) in [4.78, 5) is 39.9. The van der Waals surface area contributed by atoms with Gasteiger partial charge in [0, 0.05) is 31.3 Å². The Labute approximate surface area is 185 Å². The van der Waals surface area contributed by atoms with Crippen LogP contribution >= 0.6 is 0 Å². The largest absolute Gasteiger partial charge is 0.486 e. The van der Waals surface area contributed by atoms with Crippen LogP contribution in [0.4, 0.5) is 0 Å². The Bertz CT molecular complexity index is 1290. The molecule has 2 aliphatic rings. The topological polar surface area (TPSA) is 92.4 Å². The Kier molecular flexibility index (Phi) is 4.84. The summed E-state index contributed by atoms with van der Waals surface area (Å²) in [6, 6.07) is 12.9. The van der Waals surface area contributed by atoms with E-state index >= 15 is 0 Å². The van der Waals surface area contributed by atoms with Crippen LogP contribution in [0, 0.1) is 6.92 Å². The lowest BCUT2D eigenvalue weighted by atomic mass is 9.82. The predicted molar refractivity (Wildman–Crippen MR) is 120 cm³/mol. The van der Waals surface area contributed by atoms with Crippen molar-refractivity contribution in [2.75, 3.05) is 13.1 Å².